The molecule has 2 aliphatic carbocycles. The van der Waals surface area contributed by atoms with Crippen molar-refractivity contribution in [1.82, 2.24) is 4.90 Å². The summed E-state index contributed by atoms with van der Waals surface area (Å²) >= 11 is 0. The van der Waals surface area contributed by atoms with E-state index in [1.54, 1.807) is 0 Å². The number of rotatable bonds is 2. The summed E-state index contributed by atoms with van der Waals surface area (Å²) in [5.74, 6) is -0.752. The number of Topliss-reactive ketones (excluding diaryl/α,β-unsaturated/α-hetero) is 1. The van der Waals surface area contributed by atoms with Crippen LogP contribution < -0.4 is 0 Å². The largest absolute Gasteiger partial charge is 0.461 e. The Morgan fingerprint density at radius 3 is 2.64 bits per heavy atom. The lowest BCUT2D eigenvalue weighted by molar-refractivity contribution is -0.147. The molecule has 2 heterocycles. The predicted molar refractivity (Wildman–Crippen MR) is 89.7 cm³/mol. The van der Waals surface area contributed by atoms with Crippen molar-refractivity contribution in [2.24, 2.45) is 29.6 Å². The number of carbonyl (C=O) groups excluding carboxylic acids is 2. The molecule has 2 saturated heterocycles. The molecule has 4 aliphatic rings. The minimum atomic E-state index is -0.636. The van der Waals surface area contributed by atoms with E-state index in [1.807, 2.05) is 6.92 Å². The van der Waals surface area contributed by atoms with E-state index in [1.165, 1.54) is 0 Å². The van der Waals surface area contributed by atoms with Gasteiger partial charge in [0.05, 0.1) is 25.2 Å². The number of ether oxygens (including phenoxy) is 2. The van der Waals surface area contributed by atoms with Crippen LogP contribution in [0.2, 0.25) is 0 Å². The van der Waals surface area contributed by atoms with E-state index in [2.05, 4.69) is 11.5 Å². The monoisotopic (exact) mass is 349 g/mol. The predicted octanol–water partition coefficient (Wildman–Crippen LogP) is 0.638. The van der Waals surface area contributed by atoms with Crippen molar-refractivity contribution >= 4 is 11.8 Å². The summed E-state index contributed by atoms with van der Waals surface area (Å²) in [5.41, 5.74) is 0.936. The van der Waals surface area contributed by atoms with Crippen LogP contribution in [0, 0.1) is 29.6 Å². The van der Waals surface area contributed by atoms with Crippen molar-refractivity contribution in [1.29, 1.82) is 0 Å². The number of ketones is 1. The van der Waals surface area contributed by atoms with E-state index in [9.17, 15) is 14.7 Å². The molecule has 0 aromatic rings. The molecule has 1 N–H and O–H groups in total. The van der Waals surface area contributed by atoms with Gasteiger partial charge in [-0.2, -0.15) is 0 Å². The van der Waals surface area contributed by atoms with Gasteiger partial charge in [-0.1, -0.05) is 19.1 Å². The molecule has 7 atom stereocenters. The van der Waals surface area contributed by atoms with Gasteiger partial charge in [-0.3, -0.25) is 14.5 Å². The third-order valence-electron chi connectivity index (χ3n) is 6.75. The summed E-state index contributed by atoms with van der Waals surface area (Å²) in [5, 5.41) is 10.8. The van der Waals surface area contributed by atoms with Crippen LogP contribution >= 0.6 is 0 Å². The minimum Gasteiger partial charge on any atom is -0.461 e. The molecule has 0 radical (unpaired) electrons. The molecule has 4 fully saturated rings. The van der Waals surface area contributed by atoms with Crippen molar-refractivity contribution in [3.05, 3.63) is 12.2 Å². The van der Waals surface area contributed by atoms with Gasteiger partial charge in [0.2, 0.25) is 0 Å². The molecular formula is C19H27NO5. The molecule has 0 spiro atoms. The van der Waals surface area contributed by atoms with Crippen LogP contribution in [0.25, 0.3) is 0 Å². The van der Waals surface area contributed by atoms with E-state index in [4.69, 9.17) is 9.47 Å². The number of hydrogen-bond donors (Lipinski definition) is 1. The van der Waals surface area contributed by atoms with E-state index >= 15 is 0 Å². The van der Waals surface area contributed by atoms with Crippen LogP contribution in [0.1, 0.15) is 19.8 Å². The first kappa shape index (κ1) is 17.2. The van der Waals surface area contributed by atoms with Gasteiger partial charge in [0.15, 0.2) is 0 Å². The molecule has 6 heteroatoms. The molecule has 0 bridgehead atoms. The van der Waals surface area contributed by atoms with Gasteiger partial charge in [0.25, 0.3) is 0 Å². The van der Waals surface area contributed by atoms with E-state index in [-0.39, 0.29) is 47.4 Å². The van der Waals surface area contributed by atoms with Gasteiger partial charge in [0.1, 0.15) is 11.9 Å². The normalized spacial score (nSPS) is 45.0. The maximum atomic E-state index is 12.6. The van der Waals surface area contributed by atoms with Crippen molar-refractivity contribution in [3.63, 3.8) is 0 Å². The summed E-state index contributed by atoms with van der Waals surface area (Å²) in [6.45, 7) is 9.60. The molecule has 25 heavy (non-hydrogen) atoms. The van der Waals surface area contributed by atoms with E-state index < -0.39 is 6.10 Å². The van der Waals surface area contributed by atoms with E-state index in [0.717, 1.165) is 18.7 Å². The fourth-order valence-electron chi connectivity index (χ4n) is 5.35. The molecule has 4 rings (SSSR count). The van der Waals surface area contributed by atoms with Gasteiger partial charge in [-0.05, 0) is 12.3 Å². The first-order valence-corrected chi connectivity index (χ1v) is 9.36. The Kier molecular flexibility index (Phi) is 4.46. The number of aliphatic hydroxyl groups is 1. The van der Waals surface area contributed by atoms with Gasteiger partial charge in [-0.15, -0.1) is 0 Å². The standard InChI is InChI=1S/C19H27NO5/c1-10-7-15(22)17-13(9-20-3-5-24-6-4-20)19(23)25-18(17)16-11(2)14(21)8-12(10)16/h11-13,15-18,22H,1,3-9H2,2H3/t11-,12+,13?,15+,16+,17?,18-/m1/s1. The molecule has 2 saturated carbocycles. The number of morpholine rings is 1. The van der Waals surface area contributed by atoms with Crippen molar-refractivity contribution in [2.75, 3.05) is 32.8 Å². The lowest BCUT2D eigenvalue weighted by Crippen LogP contribution is -2.44. The van der Waals surface area contributed by atoms with Crippen LogP contribution in [-0.4, -0.2) is 66.8 Å². The Morgan fingerprint density at radius 1 is 1.20 bits per heavy atom. The van der Waals surface area contributed by atoms with Gasteiger partial charge >= 0.3 is 5.97 Å². The van der Waals surface area contributed by atoms with E-state index in [0.29, 0.717) is 32.6 Å². The Balaban J connectivity index is 1.61. The fourth-order valence-corrected chi connectivity index (χ4v) is 5.35. The molecule has 0 aromatic heterocycles. The topological polar surface area (TPSA) is 76.1 Å². The second-order valence-corrected chi connectivity index (χ2v) is 8.07. The molecule has 138 valence electrons. The van der Waals surface area contributed by atoms with Gasteiger partial charge in [0, 0.05) is 43.8 Å². The zero-order valence-electron chi connectivity index (χ0n) is 14.7. The highest BCUT2D eigenvalue weighted by Crippen LogP contribution is 2.51. The number of fused-ring (bicyclic) bond motifs is 3. The third-order valence-corrected chi connectivity index (χ3v) is 6.75. The first-order valence-electron chi connectivity index (χ1n) is 9.36. The first-order chi connectivity index (χ1) is 12.0. The SMILES string of the molecule is C=C1C[C@H](O)C2C(CN3CCOCC3)C(=O)O[C@@H]2[C@H]2[C@H](C)C(=O)C[C@@H]12. The zero-order valence-corrected chi connectivity index (χ0v) is 14.7. The highest BCUT2D eigenvalue weighted by molar-refractivity contribution is 5.85. The minimum absolute atomic E-state index is 0.0297. The molecule has 6 nitrogen and oxygen atoms in total. The van der Waals surface area contributed by atoms with Crippen molar-refractivity contribution in [2.45, 2.75) is 32.0 Å². The fraction of sp³-hybridized carbons (Fsp3) is 0.789. The second kappa shape index (κ2) is 6.49. The second-order valence-electron chi connectivity index (χ2n) is 8.07. The van der Waals surface area contributed by atoms with Crippen molar-refractivity contribution in [3.8, 4) is 0 Å². The lowest BCUT2D eigenvalue weighted by Gasteiger charge is -2.32. The van der Waals surface area contributed by atoms with Gasteiger partial charge < -0.3 is 14.6 Å². The van der Waals surface area contributed by atoms with Crippen LogP contribution in [-0.2, 0) is 19.1 Å². The maximum Gasteiger partial charge on any atom is 0.311 e. The molecule has 2 unspecified atom stereocenters. The Hall–Kier alpha value is -1.24. The third kappa shape index (κ3) is 2.84. The molecule has 0 amide bonds. The Bertz CT molecular complexity index is 584. The lowest BCUT2D eigenvalue weighted by atomic mass is 9.77. The highest BCUT2D eigenvalue weighted by atomic mass is 16.6. The maximum absolute atomic E-state index is 12.6. The van der Waals surface area contributed by atoms with Crippen molar-refractivity contribution < 1.29 is 24.2 Å². The average molecular weight is 349 g/mol. The summed E-state index contributed by atoms with van der Waals surface area (Å²) in [6.07, 6.45) is -0.0904. The van der Waals surface area contributed by atoms with Crippen LogP contribution in [0.15, 0.2) is 12.2 Å². The number of nitrogens with zero attached hydrogens (tertiary/aromatic N) is 1. The Labute approximate surface area is 148 Å². The smallest absolute Gasteiger partial charge is 0.311 e. The quantitative estimate of drug-likeness (QED) is 0.582. The highest BCUT2D eigenvalue weighted by Gasteiger charge is 2.58. The Morgan fingerprint density at radius 2 is 1.92 bits per heavy atom. The molecule has 0 aromatic carbocycles. The average Bonchev–Trinajstić information content (AvgIpc) is 3.02. The van der Waals surface area contributed by atoms with Crippen LogP contribution in [0.4, 0.5) is 0 Å². The summed E-state index contributed by atoms with van der Waals surface area (Å²) < 4.78 is 11.2. The summed E-state index contributed by atoms with van der Waals surface area (Å²) in [6, 6.07) is 0. The summed E-state index contributed by atoms with van der Waals surface area (Å²) in [4.78, 5) is 27.1. The van der Waals surface area contributed by atoms with Crippen LogP contribution in [0.5, 0.6) is 0 Å². The van der Waals surface area contributed by atoms with Gasteiger partial charge in [-0.25, -0.2) is 0 Å². The molecule has 2 aliphatic heterocycles. The number of esters is 1. The number of carbonyl (C=O) groups is 2. The molecular weight excluding hydrogens is 322 g/mol. The zero-order chi connectivity index (χ0) is 17.7. The summed E-state index contributed by atoms with van der Waals surface area (Å²) in [7, 11) is 0. The number of aliphatic hydroxyl groups excluding tert-OH is 1. The van der Waals surface area contributed by atoms with Crippen LogP contribution in [0.3, 0.4) is 0 Å². The number of hydrogen-bond acceptors (Lipinski definition) is 6.